The van der Waals surface area contributed by atoms with E-state index in [1.807, 2.05) is 26.1 Å². The molecule has 0 bridgehead atoms. The van der Waals surface area contributed by atoms with Gasteiger partial charge in [-0.15, -0.1) is 6.58 Å². The second kappa shape index (κ2) is 7.92. The Morgan fingerprint density at radius 2 is 2.20 bits per heavy atom. The highest BCUT2D eigenvalue weighted by Crippen LogP contribution is 2.28. The molecule has 0 aromatic heterocycles. The highest BCUT2D eigenvalue weighted by Gasteiger charge is 2.16. The van der Waals surface area contributed by atoms with E-state index in [4.69, 9.17) is 16.3 Å². The van der Waals surface area contributed by atoms with Crippen LogP contribution in [0.4, 0.5) is 0 Å². The highest BCUT2D eigenvalue weighted by atomic mass is 35.5. The van der Waals surface area contributed by atoms with Gasteiger partial charge in [-0.2, -0.15) is 0 Å². The number of carbonyl (C=O) groups is 1. The second-order valence-corrected chi connectivity index (χ2v) is 4.90. The molecular weight excluding hydrogens is 276 g/mol. The van der Waals surface area contributed by atoms with Gasteiger partial charge in [0.15, 0.2) is 6.10 Å². The van der Waals surface area contributed by atoms with Crippen LogP contribution in [-0.2, 0) is 4.79 Å². The summed E-state index contributed by atoms with van der Waals surface area (Å²) in [5, 5.41) is 6.31. The van der Waals surface area contributed by atoms with Gasteiger partial charge in [0.05, 0.1) is 5.02 Å². The summed E-state index contributed by atoms with van der Waals surface area (Å²) in [5.74, 6) is 0.300. The summed E-state index contributed by atoms with van der Waals surface area (Å²) in [6.07, 6.45) is 1.01. The second-order valence-electron chi connectivity index (χ2n) is 4.49. The van der Waals surface area contributed by atoms with Crippen molar-refractivity contribution in [1.82, 2.24) is 10.6 Å². The van der Waals surface area contributed by atoms with Gasteiger partial charge in [-0.3, -0.25) is 4.79 Å². The van der Waals surface area contributed by atoms with Crippen molar-refractivity contribution in [2.24, 2.45) is 0 Å². The smallest absolute Gasteiger partial charge is 0.261 e. The average Bonchev–Trinajstić information content (AvgIpc) is 2.45. The van der Waals surface area contributed by atoms with Crippen molar-refractivity contribution in [2.75, 3.05) is 13.6 Å². The van der Waals surface area contributed by atoms with Crippen molar-refractivity contribution >= 4 is 17.5 Å². The first-order chi connectivity index (χ1) is 9.49. The SMILES string of the molecule is C=CCNC(=O)C(C)Oc1ccc(C(C)NC)cc1Cl. The van der Waals surface area contributed by atoms with Crippen LogP contribution in [-0.4, -0.2) is 25.6 Å². The van der Waals surface area contributed by atoms with Gasteiger partial charge in [-0.1, -0.05) is 23.7 Å². The number of halogens is 1. The molecule has 0 aliphatic carbocycles. The molecule has 1 rings (SSSR count). The third-order valence-corrected chi connectivity index (χ3v) is 3.28. The molecule has 0 aliphatic rings. The van der Waals surface area contributed by atoms with E-state index in [0.29, 0.717) is 17.3 Å². The van der Waals surface area contributed by atoms with Crippen LogP contribution in [0.25, 0.3) is 0 Å². The van der Waals surface area contributed by atoms with E-state index in [2.05, 4.69) is 17.2 Å². The third-order valence-electron chi connectivity index (χ3n) is 2.98. The van der Waals surface area contributed by atoms with Gasteiger partial charge < -0.3 is 15.4 Å². The molecule has 0 fully saturated rings. The molecule has 0 spiro atoms. The number of hydrogen-bond donors (Lipinski definition) is 2. The molecule has 1 aromatic carbocycles. The number of nitrogens with one attached hydrogen (secondary N) is 2. The van der Waals surface area contributed by atoms with Crippen molar-refractivity contribution in [3.63, 3.8) is 0 Å². The zero-order valence-electron chi connectivity index (χ0n) is 12.1. The Kier molecular flexibility index (Phi) is 6.55. The molecule has 0 radical (unpaired) electrons. The van der Waals surface area contributed by atoms with Crippen LogP contribution in [0.3, 0.4) is 0 Å². The Hall–Kier alpha value is -1.52. The summed E-state index contributed by atoms with van der Waals surface area (Å²) >= 11 is 6.18. The minimum atomic E-state index is -0.611. The topological polar surface area (TPSA) is 50.4 Å². The minimum absolute atomic E-state index is 0.200. The molecule has 5 heteroatoms. The number of rotatable bonds is 7. The van der Waals surface area contributed by atoms with Crippen LogP contribution in [0, 0.1) is 0 Å². The molecule has 2 unspecified atom stereocenters. The fraction of sp³-hybridized carbons (Fsp3) is 0.400. The van der Waals surface area contributed by atoms with Gasteiger partial charge >= 0.3 is 0 Å². The van der Waals surface area contributed by atoms with Crippen LogP contribution in [0.2, 0.25) is 5.02 Å². The fourth-order valence-electron chi connectivity index (χ4n) is 1.61. The van der Waals surface area contributed by atoms with E-state index in [1.54, 1.807) is 19.1 Å². The Morgan fingerprint density at radius 3 is 2.75 bits per heavy atom. The molecule has 1 amide bonds. The molecule has 20 heavy (non-hydrogen) atoms. The maximum atomic E-state index is 11.7. The molecule has 0 saturated heterocycles. The van der Waals surface area contributed by atoms with Crippen molar-refractivity contribution in [3.8, 4) is 5.75 Å². The highest BCUT2D eigenvalue weighted by molar-refractivity contribution is 6.32. The van der Waals surface area contributed by atoms with Crippen LogP contribution in [0.1, 0.15) is 25.5 Å². The lowest BCUT2D eigenvalue weighted by molar-refractivity contribution is -0.127. The molecule has 0 saturated carbocycles. The van der Waals surface area contributed by atoms with Gasteiger partial charge in [-0.25, -0.2) is 0 Å². The molecule has 1 aromatic rings. The Morgan fingerprint density at radius 1 is 1.50 bits per heavy atom. The van der Waals surface area contributed by atoms with E-state index in [-0.39, 0.29) is 11.9 Å². The zero-order valence-corrected chi connectivity index (χ0v) is 12.8. The van der Waals surface area contributed by atoms with Crippen LogP contribution in [0.5, 0.6) is 5.75 Å². The first-order valence-electron chi connectivity index (χ1n) is 6.51. The minimum Gasteiger partial charge on any atom is -0.479 e. The Balaban J connectivity index is 2.73. The summed E-state index contributed by atoms with van der Waals surface area (Å²) in [6, 6.07) is 5.75. The van der Waals surface area contributed by atoms with Crippen LogP contribution < -0.4 is 15.4 Å². The predicted molar refractivity (Wildman–Crippen MR) is 82.2 cm³/mol. The summed E-state index contributed by atoms with van der Waals surface area (Å²) in [5.41, 5.74) is 1.06. The number of carbonyl (C=O) groups excluding carboxylic acids is 1. The molecule has 110 valence electrons. The number of amides is 1. The van der Waals surface area contributed by atoms with Gasteiger partial charge in [0.1, 0.15) is 5.75 Å². The quantitative estimate of drug-likeness (QED) is 0.761. The van der Waals surface area contributed by atoms with E-state index in [1.165, 1.54) is 0 Å². The molecule has 2 atom stereocenters. The monoisotopic (exact) mass is 296 g/mol. The average molecular weight is 297 g/mol. The van der Waals surface area contributed by atoms with Gasteiger partial charge in [0.25, 0.3) is 5.91 Å². The molecule has 4 nitrogen and oxygen atoms in total. The van der Waals surface area contributed by atoms with Crippen molar-refractivity contribution in [3.05, 3.63) is 41.4 Å². The van der Waals surface area contributed by atoms with Gasteiger partial charge in [-0.05, 0) is 38.6 Å². The first kappa shape index (κ1) is 16.5. The predicted octanol–water partition coefficient (Wildman–Crippen LogP) is 2.69. The van der Waals surface area contributed by atoms with Gasteiger partial charge in [0, 0.05) is 12.6 Å². The van der Waals surface area contributed by atoms with E-state index >= 15 is 0 Å². The largest absolute Gasteiger partial charge is 0.479 e. The maximum Gasteiger partial charge on any atom is 0.261 e. The van der Waals surface area contributed by atoms with Crippen molar-refractivity contribution < 1.29 is 9.53 Å². The van der Waals surface area contributed by atoms with E-state index in [9.17, 15) is 4.79 Å². The van der Waals surface area contributed by atoms with E-state index in [0.717, 1.165) is 5.56 Å². The zero-order chi connectivity index (χ0) is 15.1. The van der Waals surface area contributed by atoms with Crippen LogP contribution in [0.15, 0.2) is 30.9 Å². The normalized spacial score (nSPS) is 13.4. The fourth-order valence-corrected chi connectivity index (χ4v) is 1.84. The molecule has 0 aliphatic heterocycles. The Bertz CT molecular complexity index is 477. The Labute approximate surface area is 125 Å². The van der Waals surface area contributed by atoms with Crippen molar-refractivity contribution in [2.45, 2.75) is 26.0 Å². The number of ether oxygens (including phenoxy) is 1. The summed E-state index contributed by atoms with van der Waals surface area (Å²) in [4.78, 5) is 11.7. The third kappa shape index (κ3) is 4.54. The lowest BCUT2D eigenvalue weighted by atomic mass is 10.1. The summed E-state index contributed by atoms with van der Waals surface area (Å²) < 4.78 is 5.57. The molecule has 2 N–H and O–H groups in total. The number of hydrogen-bond acceptors (Lipinski definition) is 3. The van der Waals surface area contributed by atoms with Crippen molar-refractivity contribution in [1.29, 1.82) is 0 Å². The lowest BCUT2D eigenvalue weighted by Crippen LogP contribution is -2.36. The first-order valence-corrected chi connectivity index (χ1v) is 6.89. The maximum absolute atomic E-state index is 11.7. The van der Waals surface area contributed by atoms with Gasteiger partial charge in [0.2, 0.25) is 0 Å². The van der Waals surface area contributed by atoms with Crippen LogP contribution >= 0.6 is 11.6 Å². The summed E-state index contributed by atoms with van der Waals surface area (Å²) in [6.45, 7) is 7.68. The van der Waals surface area contributed by atoms with E-state index < -0.39 is 6.10 Å². The standard InChI is InChI=1S/C15H21ClN2O2/c1-5-8-18-15(19)11(3)20-14-7-6-12(9-13(14)16)10(2)17-4/h5-7,9-11,17H,1,8H2,2-4H3,(H,18,19). The lowest BCUT2D eigenvalue weighted by Gasteiger charge is -2.17. The number of benzene rings is 1. The molecular formula is C15H21ClN2O2. The summed E-state index contributed by atoms with van der Waals surface area (Å²) in [7, 11) is 1.88. The molecule has 0 heterocycles.